The maximum absolute atomic E-state index is 13.0. The summed E-state index contributed by atoms with van der Waals surface area (Å²) in [4.78, 5) is 24.2. The zero-order valence-corrected chi connectivity index (χ0v) is 15.7. The van der Waals surface area contributed by atoms with Gasteiger partial charge in [-0.1, -0.05) is 0 Å². The van der Waals surface area contributed by atoms with Crippen LogP contribution in [0.4, 0.5) is 10.3 Å². The number of amides is 1. The van der Waals surface area contributed by atoms with E-state index < -0.39 is 20.9 Å². The lowest BCUT2D eigenvalue weighted by Crippen LogP contribution is -2.47. The van der Waals surface area contributed by atoms with E-state index in [1.165, 1.54) is 0 Å². The Hall–Kier alpha value is -1.81. The zero-order chi connectivity index (χ0) is 18.9. The SMILES string of the molecule is CN(C)CCNC(=O)[C@@H]1CCS(=O)(=O)[C@H]2CN(c3ncc(F)cn3)C[C@@H]12. The highest BCUT2D eigenvalue weighted by molar-refractivity contribution is 7.92. The van der Waals surface area contributed by atoms with Gasteiger partial charge < -0.3 is 15.1 Å². The van der Waals surface area contributed by atoms with E-state index in [9.17, 15) is 17.6 Å². The molecule has 144 valence electrons. The molecule has 3 atom stereocenters. The third-order valence-electron chi connectivity index (χ3n) is 5.09. The minimum Gasteiger partial charge on any atom is -0.355 e. The predicted molar refractivity (Wildman–Crippen MR) is 94.9 cm³/mol. The maximum atomic E-state index is 13.0. The summed E-state index contributed by atoms with van der Waals surface area (Å²) in [6, 6.07) is 0. The standard InChI is InChI=1S/C16H24FN5O3S/c1-21(2)5-4-18-15(23)12-3-6-26(24,25)14-10-22(9-13(12)14)16-19-7-11(17)8-20-16/h7-8,12-14H,3-6,9-10H2,1-2H3,(H,18,23)/t12-,13+,14+/m1/s1. The van der Waals surface area contributed by atoms with E-state index in [2.05, 4.69) is 15.3 Å². The molecule has 0 aromatic carbocycles. The number of fused-ring (bicyclic) bond motifs is 1. The van der Waals surface area contributed by atoms with Crippen molar-refractivity contribution in [2.45, 2.75) is 11.7 Å². The normalized spacial score (nSPS) is 27.4. The first-order chi connectivity index (χ1) is 12.3. The van der Waals surface area contributed by atoms with Gasteiger partial charge in [0.05, 0.1) is 23.4 Å². The topological polar surface area (TPSA) is 95.5 Å². The van der Waals surface area contributed by atoms with Gasteiger partial charge in [0.15, 0.2) is 15.7 Å². The molecule has 2 saturated heterocycles. The maximum Gasteiger partial charge on any atom is 0.225 e. The van der Waals surface area contributed by atoms with Crippen LogP contribution >= 0.6 is 0 Å². The summed E-state index contributed by atoms with van der Waals surface area (Å²) < 4.78 is 38.0. The Morgan fingerprint density at radius 3 is 2.69 bits per heavy atom. The summed E-state index contributed by atoms with van der Waals surface area (Å²) in [5, 5.41) is 2.29. The minimum atomic E-state index is -3.27. The third kappa shape index (κ3) is 3.96. The molecular formula is C16H24FN5O3S. The molecule has 1 aromatic heterocycles. The second-order valence-electron chi connectivity index (χ2n) is 7.17. The van der Waals surface area contributed by atoms with E-state index in [1.807, 2.05) is 19.0 Å². The van der Waals surface area contributed by atoms with Crippen molar-refractivity contribution in [1.82, 2.24) is 20.2 Å². The van der Waals surface area contributed by atoms with Crippen molar-refractivity contribution in [3.63, 3.8) is 0 Å². The summed E-state index contributed by atoms with van der Waals surface area (Å²) in [5.41, 5.74) is 0. The van der Waals surface area contributed by atoms with Gasteiger partial charge >= 0.3 is 0 Å². The highest BCUT2D eigenvalue weighted by Gasteiger charge is 2.50. The Labute approximate surface area is 152 Å². The van der Waals surface area contributed by atoms with E-state index >= 15 is 0 Å². The quantitative estimate of drug-likeness (QED) is 0.732. The van der Waals surface area contributed by atoms with E-state index in [-0.39, 0.29) is 30.0 Å². The molecule has 0 spiro atoms. The fourth-order valence-corrected chi connectivity index (χ4v) is 5.81. The number of hydrogen-bond donors (Lipinski definition) is 1. The summed E-state index contributed by atoms with van der Waals surface area (Å²) in [7, 11) is 0.578. The van der Waals surface area contributed by atoms with Gasteiger partial charge in [-0.3, -0.25) is 4.79 Å². The largest absolute Gasteiger partial charge is 0.355 e. The van der Waals surface area contributed by atoms with E-state index in [4.69, 9.17) is 0 Å². The predicted octanol–water partition coefficient (Wildman–Crippen LogP) is -0.467. The lowest BCUT2D eigenvalue weighted by atomic mass is 9.87. The van der Waals surface area contributed by atoms with Crippen LogP contribution in [0.3, 0.4) is 0 Å². The molecule has 3 rings (SSSR count). The molecule has 26 heavy (non-hydrogen) atoms. The van der Waals surface area contributed by atoms with Crippen LogP contribution in [0.15, 0.2) is 12.4 Å². The van der Waals surface area contributed by atoms with Gasteiger partial charge in [-0.05, 0) is 20.5 Å². The molecule has 10 heteroatoms. The van der Waals surface area contributed by atoms with Gasteiger partial charge in [-0.25, -0.2) is 22.8 Å². The Balaban J connectivity index is 1.74. The van der Waals surface area contributed by atoms with Crippen molar-refractivity contribution in [2.75, 3.05) is 50.9 Å². The van der Waals surface area contributed by atoms with Crippen LogP contribution in [-0.2, 0) is 14.6 Å². The van der Waals surface area contributed by atoms with E-state index in [0.717, 1.165) is 18.9 Å². The highest BCUT2D eigenvalue weighted by Crippen LogP contribution is 2.37. The van der Waals surface area contributed by atoms with Gasteiger partial charge in [-0.2, -0.15) is 0 Å². The van der Waals surface area contributed by atoms with Crippen LogP contribution in [0.5, 0.6) is 0 Å². The molecule has 1 N–H and O–H groups in total. The molecule has 2 aliphatic heterocycles. The van der Waals surface area contributed by atoms with Crippen LogP contribution in [0.2, 0.25) is 0 Å². The van der Waals surface area contributed by atoms with Crippen molar-refractivity contribution in [2.24, 2.45) is 11.8 Å². The Morgan fingerprint density at radius 1 is 1.35 bits per heavy atom. The number of nitrogens with zero attached hydrogens (tertiary/aromatic N) is 4. The first-order valence-electron chi connectivity index (χ1n) is 8.64. The van der Waals surface area contributed by atoms with Crippen molar-refractivity contribution in [3.8, 4) is 0 Å². The van der Waals surface area contributed by atoms with Crippen LogP contribution in [0.1, 0.15) is 6.42 Å². The number of halogens is 1. The summed E-state index contributed by atoms with van der Waals surface area (Å²) in [6.07, 6.45) is 2.45. The smallest absolute Gasteiger partial charge is 0.225 e. The van der Waals surface area contributed by atoms with Crippen molar-refractivity contribution in [1.29, 1.82) is 0 Å². The Morgan fingerprint density at radius 2 is 2.04 bits per heavy atom. The van der Waals surface area contributed by atoms with E-state index in [1.54, 1.807) is 4.90 Å². The average Bonchev–Trinajstić information content (AvgIpc) is 3.01. The number of nitrogens with one attached hydrogen (secondary N) is 1. The molecular weight excluding hydrogens is 361 g/mol. The fourth-order valence-electron chi connectivity index (χ4n) is 3.71. The third-order valence-corrected chi connectivity index (χ3v) is 7.31. The van der Waals surface area contributed by atoms with Gasteiger partial charge in [0.2, 0.25) is 11.9 Å². The average molecular weight is 385 g/mol. The molecule has 2 aliphatic rings. The zero-order valence-electron chi connectivity index (χ0n) is 14.9. The molecule has 0 radical (unpaired) electrons. The lowest BCUT2D eigenvalue weighted by molar-refractivity contribution is -0.126. The van der Waals surface area contributed by atoms with Crippen LogP contribution in [-0.4, -0.2) is 80.5 Å². The summed E-state index contributed by atoms with van der Waals surface area (Å²) >= 11 is 0. The van der Waals surface area contributed by atoms with Crippen LogP contribution < -0.4 is 10.2 Å². The number of carbonyl (C=O) groups is 1. The summed E-state index contributed by atoms with van der Waals surface area (Å²) in [5.74, 6) is -0.992. The molecule has 0 unspecified atom stereocenters. The second-order valence-corrected chi connectivity index (χ2v) is 9.50. The highest BCUT2D eigenvalue weighted by atomic mass is 32.2. The van der Waals surface area contributed by atoms with Gasteiger partial charge in [0.1, 0.15) is 0 Å². The molecule has 2 fully saturated rings. The molecule has 0 saturated carbocycles. The number of likely N-dealkylation sites (N-methyl/N-ethyl adjacent to an activating group) is 1. The Kier molecular flexibility index (Phi) is 5.42. The molecule has 1 amide bonds. The molecule has 8 nitrogen and oxygen atoms in total. The van der Waals surface area contributed by atoms with Crippen LogP contribution in [0, 0.1) is 17.7 Å². The van der Waals surface area contributed by atoms with E-state index in [0.29, 0.717) is 25.5 Å². The number of anilines is 1. The lowest BCUT2D eigenvalue weighted by Gasteiger charge is -2.31. The number of rotatable bonds is 5. The number of hydrogen-bond acceptors (Lipinski definition) is 7. The second kappa shape index (κ2) is 7.43. The minimum absolute atomic E-state index is 0.0120. The fraction of sp³-hybridized carbons (Fsp3) is 0.688. The van der Waals surface area contributed by atoms with Crippen molar-refractivity contribution < 1.29 is 17.6 Å². The summed E-state index contributed by atoms with van der Waals surface area (Å²) in [6.45, 7) is 1.86. The first kappa shape index (κ1) is 19.0. The number of carbonyl (C=O) groups excluding carboxylic acids is 1. The number of sulfone groups is 1. The molecule has 3 heterocycles. The first-order valence-corrected chi connectivity index (χ1v) is 10.4. The number of aromatic nitrogens is 2. The van der Waals surface area contributed by atoms with Crippen LogP contribution in [0.25, 0.3) is 0 Å². The van der Waals surface area contributed by atoms with Crippen molar-refractivity contribution >= 4 is 21.7 Å². The Bertz CT molecular complexity index is 756. The molecule has 0 aliphatic carbocycles. The van der Waals surface area contributed by atoms with Gasteiger partial charge in [0.25, 0.3) is 0 Å². The van der Waals surface area contributed by atoms with Crippen molar-refractivity contribution in [3.05, 3.63) is 18.2 Å². The van der Waals surface area contributed by atoms with Gasteiger partial charge in [-0.15, -0.1) is 0 Å². The molecule has 0 bridgehead atoms. The van der Waals surface area contributed by atoms with Gasteiger partial charge in [0, 0.05) is 38.0 Å². The molecule has 1 aromatic rings. The monoisotopic (exact) mass is 385 g/mol.